The molecule has 0 radical (unpaired) electrons. The molecule has 2 heterocycles. The first-order valence-corrected chi connectivity index (χ1v) is 10.7. The molecule has 0 atom stereocenters. The first-order chi connectivity index (χ1) is 16.2. The molecule has 0 spiro atoms. The van der Waals surface area contributed by atoms with Gasteiger partial charge in [0.1, 0.15) is 16.9 Å². The Balaban J connectivity index is 1.89. The van der Waals surface area contributed by atoms with Crippen molar-refractivity contribution in [3.8, 4) is 0 Å². The van der Waals surface area contributed by atoms with E-state index in [-0.39, 0.29) is 41.5 Å². The zero-order valence-corrected chi connectivity index (χ0v) is 19.6. The Kier molecular flexibility index (Phi) is 7.62. The monoisotopic (exact) mass is 466 g/mol. The fraction of sp³-hybridized carbons (Fsp3) is 0.292. The lowest BCUT2D eigenvalue weighted by molar-refractivity contribution is 0.0480. The fourth-order valence-corrected chi connectivity index (χ4v) is 3.30. The van der Waals surface area contributed by atoms with Crippen LogP contribution in [-0.2, 0) is 9.47 Å². The predicted molar refractivity (Wildman–Crippen MR) is 125 cm³/mol. The molecule has 1 aromatic carbocycles. The van der Waals surface area contributed by atoms with Crippen LogP contribution in [0.15, 0.2) is 34.7 Å². The number of nitrogens with one attached hydrogen (secondary N) is 2. The molecule has 0 aliphatic rings. The first kappa shape index (κ1) is 24.4. The van der Waals surface area contributed by atoms with Gasteiger partial charge in [0.25, 0.3) is 5.91 Å². The van der Waals surface area contributed by atoms with Crippen molar-refractivity contribution >= 4 is 35.4 Å². The van der Waals surface area contributed by atoms with E-state index in [1.807, 2.05) is 19.9 Å². The van der Waals surface area contributed by atoms with E-state index in [0.717, 1.165) is 11.4 Å². The minimum Gasteiger partial charge on any atom is -0.462 e. The third-order valence-electron chi connectivity index (χ3n) is 4.63. The van der Waals surface area contributed by atoms with Crippen LogP contribution in [0, 0.1) is 20.8 Å². The molecule has 0 saturated heterocycles. The molecular weight excluding hydrogens is 440 g/mol. The van der Waals surface area contributed by atoms with Crippen LogP contribution in [0.2, 0.25) is 0 Å². The number of aryl methyl sites for hydroxylation is 3. The highest BCUT2D eigenvalue weighted by Gasteiger charge is 2.31. The number of rotatable bonds is 8. The van der Waals surface area contributed by atoms with Gasteiger partial charge in [-0.1, -0.05) is 6.07 Å². The van der Waals surface area contributed by atoms with Gasteiger partial charge in [0, 0.05) is 22.6 Å². The van der Waals surface area contributed by atoms with E-state index in [2.05, 4.69) is 20.6 Å². The number of furan rings is 1. The summed E-state index contributed by atoms with van der Waals surface area (Å²) in [5.41, 5.74) is 2.20. The summed E-state index contributed by atoms with van der Waals surface area (Å²) in [5.74, 6) is -1.77. The average Bonchev–Trinajstić information content (AvgIpc) is 3.09. The van der Waals surface area contributed by atoms with Gasteiger partial charge >= 0.3 is 11.9 Å². The van der Waals surface area contributed by atoms with Crippen molar-refractivity contribution in [1.29, 1.82) is 0 Å². The van der Waals surface area contributed by atoms with Gasteiger partial charge in [-0.2, -0.15) is 0 Å². The maximum absolute atomic E-state index is 13.0. The number of carbonyl (C=O) groups excluding carboxylic acids is 3. The number of ether oxygens (including phenoxy) is 2. The van der Waals surface area contributed by atoms with Crippen LogP contribution in [0.4, 0.5) is 17.5 Å². The standard InChI is InChI=1S/C24H26N4O6/c1-6-32-22(30)18-15(5)34-21(19(18)23(31)33-7-2)28-20(29)16-9-8-10-17(12-16)27-24-25-13(3)11-14(4)26-24/h8-12H,6-7H2,1-5H3,(H,28,29)(H,25,26,27). The first-order valence-electron chi connectivity index (χ1n) is 10.7. The molecule has 0 saturated carbocycles. The van der Waals surface area contributed by atoms with Crippen molar-refractivity contribution < 1.29 is 28.3 Å². The van der Waals surface area contributed by atoms with E-state index in [4.69, 9.17) is 13.9 Å². The number of hydrogen-bond acceptors (Lipinski definition) is 9. The molecule has 0 fully saturated rings. The third kappa shape index (κ3) is 5.58. The summed E-state index contributed by atoms with van der Waals surface area (Å²) in [7, 11) is 0. The van der Waals surface area contributed by atoms with Crippen molar-refractivity contribution in [2.75, 3.05) is 23.8 Å². The van der Waals surface area contributed by atoms with Gasteiger partial charge in [-0.15, -0.1) is 0 Å². The molecule has 3 aromatic rings. The van der Waals surface area contributed by atoms with E-state index in [1.165, 1.54) is 6.92 Å². The molecular formula is C24H26N4O6. The molecule has 178 valence electrons. The van der Waals surface area contributed by atoms with Crippen molar-refractivity contribution in [1.82, 2.24) is 9.97 Å². The number of benzene rings is 1. The van der Waals surface area contributed by atoms with E-state index in [9.17, 15) is 14.4 Å². The van der Waals surface area contributed by atoms with E-state index < -0.39 is 17.8 Å². The highest BCUT2D eigenvalue weighted by molar-refractivity contribution is 6.11. The highest BCUT2D eigenvalue weighted by Crippen LogP contribution is 2.29. The quantitative estimate of drug-likeness (QED) is 0.465. The molecule has 0 aliphatic carbocycles. The number of carbonyl (C=O) groups is 3. The second kappa shape index (κ2) is 10.6. The van der Waals surface area contributed by atoms with Gasteiger partial charge in [0.05, 0.1) is 13.2 Å². The predicted octanol–water partition coefficient (Wildman–Crippen LogP) is 4.34. The van der Waals surface area contributed by atoms with Gasteiger partial charge in [0.15, 0.2) is 0 Å². The summed E-state index contributed by atoms with van der Waals surface area (Å²) < 4.78 is 15.6. The Morgan fingerprint density at radius 1 is 0.912 bits per heavy atom. The van der Waals surface area contributed by atoms with Gasteiger partial charge in [0.2, 0.25) is 11.8 Å². The normalized spacial score (nSPS) is 10.5. The second-order valence-corrected chi connectivity index (χ2v) is 7.31. The number of hydrogen-bond donors (Lipinski definition) is 2. The lowest BCUT2D eigenvalue weighted by Gasteiger charge is -2.09. The topological polar surface area (TPSA) is 133 Å². The number of nitrogens with zero attached hydrogens (tertiary/aromatic N) is 2. The van der Waals surface area contributed by atoms with Gasteiger partial charge in [-0.25, -0.2) is 19.6 Å². The van der Waals surface area contributed by atoms with E-state index in [1.54, 1.807) is 38.1 Å². The van der Waals surface area contributed by atoms with Gasteiger partial charge < -0.3 is 19.2 Å². The molecule has 2 N–H and O–H groups in total. The molecule has 34 heavy (non-hydrogen) atoms. The SMILES string of the molecule is CCOC(=O)c1c(C)oc(NC(=O)c2cccc(Nc3nc(C)cc(C)n3)c2)c1C(=O)OCC. The van der Waals surface area contributed by atoms with Crippen molar-refractivity contribution in [3.63, 3.8) is 0 Å². The van der Waals surface area contributed by atoms with E-state index in [0.29, 0.717) is 11.6 Å². The molecule has 10 heteroatoms. The molecule has 3 rings (SSSR count). The minimum atomic E-state index is -0.805. The zero-order valence-electron chi connectivity index (χ0n) is 19.6. The smallest absolute Gasteiger partial charge is 0.344 e. The third-order valence-corrected chi connectivity index (χ3v) is 4.63. The number of aromatic nitrogens is 2. The van der Waals surface area contributed by atoms with Crippen LogP contribution in [0.5, 0.6) is 0 Å². The molecule has 0 bridgehead atoms. The summed E-state index contributed by atoms with van der Waals surface area (Å²) in [6.07, 6.45) is 0. The Hall–Kier alpha value is -4.21. The molecule has 10 nitrogen and oxygen atoms in total. The van der Waals surface area contributed by atoms with Gasteiger partial charge in [-0.3, -0.25) is 10.1 Å². The summed E-state index contributed by atoms with van der Waals surface area (Å²) in [5, 5.41) is 5.63. The second-order valence-electron chi connectivity index (χ2n) is 7.31. The molecule has 0 unspecified atom stereocenters. The van der Waals surface area contributed by atoms with Crippen molar-refractivity contribution in [3.05, 3.63) is 64.2 Å². The number of esters is 2. The Morgan fingerprint density at radius 3 is 2.15 bits per heavy atom. The molecule has 0 aliphatic heterocycles. The number of amides is 1. The fourth-order valence-electron chi connectivity index (χ4n) is 3.30. The maximum Gasteiger partial charge on any atom is 0.344 e. The summed E-state index contributed by atoms with van der Waals surface area (Å²) >= 11 is 0. The van der Waals surface area contributed by atoms with Crippen LogP contribution in [0.1, 0.15) is 62.1 Å². The minimum absolute atomic E-state index is 0.0763. The van der Waals surface area contributed by atoms with Crippen LogP contribution < -0.4 is 10.6 Å². The van der Waals surface area contributed by atoms with Crippen molar-refractivity contribution in [2.45, 2.75) is 34.6 Å². The number of anilines is 3. The highest BCUT2D eigenvalue weighted by atomic mass is 16.5. The van der Waals surface area contributed by atoms with Crippen LogP contribution in [0.25, 0.3) is 0 Å². The lowest BCUT2D eigenvalue weighted by Crippen LogP contribution is -2.17. The summed E-state index contributed by atoms with van der Waals surface area (Å²) in [6, 6.07) is 8.49. The Morgan fingerprint density at radius 2 is 1.53 bits per heavy atom. The maximum atomic E-state index is 13.0. The van der Waals surface area contributed by atoms with E-state index >= 15 is 0 Å². The van der Waals surface area contributed by atoms with Crippen LogP contribution >= 0.6 is 0 Å². The average molecular weight is 466 g/mol. The van der Waals surface area contributed by atoms with Crippen LogP contribution in [0.3, 0.4) is 0 Å². The summed E-state index contributed by atoms with van der Waals surface area (Å²) in [4.78, 5) is 46.6. The molecule has 2 aromatic heterocycles. The summed E-state index contributed by atoms with van der Waals surface area (Å²) in [6.45, 7) is 8.68. The van der Waals surface area contributed by atoms with Crippen molar-refractivity contribution in [2.24, 2.45) is 0 Å². The molecule has 1 amide bonds. The van der Waals surface area contributed by atoms with Crippen LogP contribution in [-0.4, -0.2) is 41.0 Å². The van der Waals surface area contributed by atoms with Gasteiger partial charge in [-0.05, 0) is 58.9 Å². The Bertz CT molecular complexity index is 1210. The Labute approximate surface area is 196 Å². The zero-order chi connectivity index (χ0) is 24.8. The lowest BCUT2D eigenvalue weighted by atomic mass is 10.1. The largest absolute Gasteiger partial charge is 0.462 e.